The van der Waals surface area contributed by atoms with E-state index in [0.29, 0.717) is 5.75 Å². The number of fused-ring (bicyclic) bond motifs is 3. The number of hydrogen-bond donors (Lipinski definition) is 1. The number of aromatic hydroxyl groups is 1. The second-order valence-electron chi connectivity index (χ2n) is 14.2. The van der Waals surface area contributed by atoms with E-state index >= 15 is 0 Å². The van der Waals surface area contributed by atoms with Crippen molar-refractivity contribution in [2.75, 3.05) is 0 Å². The van der Waals surface area contributed by atoms with Crippen LogP contribution in [0, 0.1) is 0 Å². The largest absolute Gasteiger partial charge is 0.505 e. The Labute approximate surface area is 256 Å². The molecule has 0 saturated heterocycles. The van der Waals surface area contributed by atoms with Crippen LogP contribution in [0.15, 0.2) is 97.2 Å². The third-order valence-electron chi connectivity index (χ3n) is 8.71. The van der Waals surface area contributed by atoms with Crippen LogP contribution in [0.5, 0.6) is 5.75 Å². The average molecular weight is 584 g/mol. The average Bonchev–Trinajstić information content (AvgIpc) is 3.30. The molecule has 43 heavy (non-hydrogen) atoms. The maximum atomic E-state index is 11.9. The van der Waals surface area contributed by atoms with E-state index in [1.54, 1.807) is 0 Å². The lowest BCUT2D eigenvalue weighted by atomic mass is 9.79. The van der Waals surface area contributed by atoms with E-state index in [4.69, 9.17) is 9.97 Å². The minimum atomic E-state index is -2.00. The Hall–Kier alpha value is -4.22. The van der Waals surface area contributed by atoms with Crippen LogP contribution >= 0.6 is 0 Å². The van der Waals surface area contributed by atoms with Crippen LogP contribution in [-0.2, 0) is 10.8 Å². The number of phenols is 1. The van der Waals surface area contributed by atoms with Crippen LogP contribution in [-0.4, -0.2) is 27.7 Å². The molecule has 0 aliphatic carbocycles. The Kier molecular flexibility index (Phi) is 6.85. The summed E-state index contributed by atoms with van der Waals surface area (Å²) in [7, 11) is -2.00. The van der Waals surface area contributed by atoms with Crippen molar-refractivity contribution in [2.45, 2.75) is 65.5 Å². The molecule has 1 N–H and O–H groups in total. The minimum Gasteiger partial charge on any atom is -0.505 e. The molecule has 0 fully saturated rings. The lowest BCUT2D eigenvalue weighted by Gasteiger charge is -2.28. The molecule has 0 bridgehead atoms. The molecule has 5 heteroatoms. The maximum absolute atomic E-state index is 11.9. The molecular formula is C38H41N3OSi. The van der Waals surface area contributed by atoms with Crippen LogP contribution < -0.4 is 10.5 Å². The minimum absolute atomic E-state index is 0.0927. The van der Waals surface area contributed by atoms with Crippen molar-refractivity contribution < 1.29 is 5.11 Å². The van der Waals surface area contributed by atoms with Gasteiger partial charge in [0.05, 0.1) is 16.9 Å². The zero-order valence-corrected chi connectivity index (χ0v) is 27.5. The Morgan fingerprint density at radius 3 is 2.16 bits per heavy atom. The normalized spacial score (nSPS) is 12.7. The van der Waals surface area contributed by atoms with Crippen LogP contribution in [0.4, 0.5) is 0 Å². The van der Waals surface area contributed by atoms with Gasteiger partial charge in [0.1, 0.15) is 19.5 Å². The topological polar surface area (TPSA) is 50.9 Å². The third-order valence-corrected chi connectivity index (χ3v) is 12.0. The van der Waals surface area contributed by atoms with Crippen molar-refractivity contribution in [2.24, 2.45) is 0 Å². The first-order valence-corrected chi connectivity index (χ1v) is 18.1. The smallest absolute Gasteiger partial charge is 0.146 e. The van der Waals surface area contributed by atoms with Crippen molar-refractivity contribution in [3.05, 3.63) is 108 Å². The van der Waals surface area contributed by atoms with Crippen LogP contribution in [0.3, 0.4) is 0 Å². The zero-order valence-electron chi connectivity index (χ0n) is 26.5. The first kappa shape index (κ1) is 28.9. The molecule has 0 unspecified atom stereocenters. The summed E-state index contributed by atoms with van der Waals surface area (Å²) >= 11 is 0. The Bertz CT molecular complexity index is 1980. The van der Waals surface area contributed by atoms with Gasteiger partial charge in [-0.05, 0) is 52.8 Å². The Morgan fingerprint density at radius 2 is 1.47 bits per heavy atom. The van der Waals surface area contributed by atoms with Gasteiger partial charge in [0.25, 0.3) is 0 Å². The molecular weight excluding hydrogens is 543 g/mol. The first-order chi connectivity index (χ1) is 20.3. The summed E-state index contributed by atoms with van der Waals surface area (Å²) in [6, 6.07) is 32.0. The van der Waals surface area contributed by atoms with Gasteiger partial charge in [-0.1, -0.05) is 114 Å². The summed E-state index contributed by atoms with van der Waals surface area (Å²) in [5.74, 6) is 0.306. The van der Waals surface area contributed by atoms with Crippen molar-refractivity contribution in [3.63, 3.8) is 0 Å². The summed E-state index contributed by atoms with van der Waals surface area (Å²) in [5, 5.41) is 16.5. The summed E-state index contributed by atoms with van der Waals surface area (Å²) in [6.07, 6.45) is 1.89. The van der Waals surface area contributed by atoms with E-state index in [0.717, 1.165) is 44.4 Å². The lowest BCUT2D eigenvalue weighted by molar-refractivity contribution is 0.442. The fraction of sp³-hybridized carbons (Fsp3) is 0.263. The van der Waals surface area contributed by atoms with E-state index in [9.17, 15) is 5.11 Å². The van der Waals surface area contributed by atoms with E-state index in [1.165, 1.54) is 16.1 Å². The fourth-order valence-electron chi connectivity index (χ4n) is 5.99. The zero-order chi connectivity index (χ0) is 30.7. The molecule has 4 nitrogen and oxygen atoms in total. The molecule has 6 aromatic rings. The monoisotopic (exact) mass is 583 g/mol. The molecule has 0 aliphatic rings. The summed E-state index contributed by atoms with van der Waals surface area (Å²) in [4.78, 5) is 10.0. The van der Waals surface area contributed by atoms with Crippen LogP contribution in [0.25, 0.3) is 38.9 Å². The third kappa shape index (κ3) is 5.06. The quantitative estimate of drug-likeness (QED) is 0.212. The van der Waals surface area contributed by atoms with Gasteiger partial charge in [0.2, 0.25) is 0 Å². The number of rotatable bonds is 4. The number of phenolic OH excluding ortho intramolecular Hbond substituents is 1. The van der Waals surface area contributed by atoms with E-state index in [1.807, 2.05) is 12.3 Å². The second-order valence-corrected chi connectivity index (χ2v) is 18.6. The van der Waals surface area contributed by atoms with Crippen molar-refractivity contribution in [1.29, 1.82) is 0 Å². The molecule has 0 aliphatic heterocycles. The van der Waals surface area contributed by atoms with Gasteiger partial charge in [0, 0.05) is 33.4 Å². The number of para-hydroxylation sites is 1. The lowest BCUT2D eigenvalue weighted by Crippen LogP contribution is -2.54. The molecule has 0 spiro atoms. The number of benzene rings is 3. The highest BCUT2D eigenvalue weighted by Crippen LogP contribution is 2.42. The number of aromatic nitrogens is 3. The predicted molar refractivity (Wildman–Crippen MR) is 184 cm³/mol. The summed E-state index contributed by atoms with van der Waals surface area (Å²) in [5.41, 5.74) is 6.42. The van der Waals surface area contributed by atoms with Crippen LogP contribution in [0.1, 0.15) is 52.7 Å². The molecule has 0 radical (unpaired) electrons. The number of hydrogen-bond acceptors (Lipinski definition) is 3. The SMILES string of the molecule is CC(C)(C)c1cc(-n2c3ccccc3c3ccc(-c4cccc([Si](C)(C)c5ccccn5)c4)nc32)c(O)c(C(C)(C)C)c1. The molecule has 0 saturated carbocycles. The maximum Gasteiger partial charge on any atom is 0.146 e. The van der Waals surface area contributed by atoms with E-state index in [2.05, 4.69) is 144 Å². The highest BCUT2D eigenvalue weighted by atomic mass is 28.3. The highest BCUT2D eigenvalue weighted by molar-refractivity contribution is 6.99. The van der Waals surface area contributed by atoms with Crippen molar-refractivity contribution in [1.82, 2.24) is 14.5 Å². The summed E-state index contributed by atoms with van der Waals surface area (Å²) < 4.78 is 2.16. The first-order valence-electron chi connectivity index (χ1n) is 15.1. The Balaban J connectivity index is 1.61. The van der Waals surface area contributed by atoms with Gasteiger partial charge >= 0.3 is 0 Å². The van der Waals surface area contributed by atoms with Crippen molar-refractivity contribution >= 4 is 40.5 Å². The molecule has 3 aromatic carbocycles. The molecule has 3 heterocycles. The molecule has 6 rings (SSSR count). The molecule has 0 amide bonds. The fourth-order valence-corrected chi connectivity index (χ4v) is 8.22. The van der Waals surface area contributed by atoms with Gasteiger partial charge in [-0.25, -0.2) is 4.98 Å². The van der Waals surface area contributed by atoms with Gasteiger partial charge in [-0.2, -0.15) is 0 Å². The predicted octanol–water partition coefficient (Wildman–Crippen LogP) is 8.36. The van der Waals surface area contributed by atoms with Gasteiger partial charge in [0.15, 0.2) is 0 Å². The van der Waals surface area contributed by atoms with Crippen molar-refractivity contribution in [3.8, 4) is 22.7 Å². The number of pyridine rings is 2. The molecule has 3 aromatic heterocycles. The summed E-state index contributed by atoms with van der Waals surface area (Å²) in [6.45, 7) is 17.8. The Morgan fingerprint density at radius 1 is 0.721 bits per heavy atom. The van der Waals surface area contributed by atoms with E-state index < -0.39 is 8.07 Å². The van der Waals surface area contributed by atoms with Gasteiger partial charge in [-0.3, -0.25) is 9.55 Å². The van der Waals surface area contributed by atoms with Gasteiger partial charge < -0.3 is 5.11 Å². The standard InChI is InChI=1S/C38H41N3OSi/c1-37(2,3)26-23-30(38(4,5)6)35(42)33(24-26)41-32-17-10-9-16-28(32)29-19-20-31(40-36(29)41)25-14-13-15-27(22-25)43(7,8)34-18-11-12-21-39-34/h9-24,42H,1-8H3. The molecule has 0 atom stereocenters. The second kappa shape index (κ2) is 10.2. The van der Waals surface area contributed by atoms with E-state index in [-0.39, 0.29) is 10.8 Å². The molecule has 218 valence electrons. The van der Waals surface area contributed by atoms with Gasteiger partial charge in [-0.15, -0.1) is 0 Å². The number of nitrogens with zero attached hydrogens (tertiary/aromatic N) is 3. The highest BCUT2D eigenvalue weighted by Gasteiger charge is 2.29. The van der Waals surface area contributed by atoms with Crippen LogP contribution in [0.2, 0.25) is 13.1 Å².